The van der Waals surface area contributed by atoms with E-state index >= 15 is 0 Å². The van der Waals surface area contributed by atoms with Gasteiger partial charge in [0.05, 0.1) is 19.2 Å². The summed E-state index contributed by atoms with van der Waals surface area (Å²) < 4.78 is 10.6. The Morgan fingerprint density at radius 1 is 1.24 bits per heavy atom. The van der Waals surface area contributed by atoms with Gasteiger partial charge in [-0.3, -0.25) is 0 Å². The highest BCUT2D eigenvalue weighted by Crippen LogP contribution is 2.40. The van der Waals surface area contributed by atoms with Gasteiger partial charge in [-0.15, -0.1) is 0 Å². The molecule has 0 aliphatic rings. The van der Waals surface area contributed by atoms with E-state index in [9.17, 15) is 0 Å². The molecule has 0 spiro atoms. The average Bonchev–Trinajstić information content (AvgIpc) is 2.20. The van der Waals surface area contributed by atoms with E-state index in [1.807, 2.05) is 26.8 Å². The maximum Gasteiger partial charge on any atom is 0.179 e. The van der Waals surface area contributed by atoms with E-state index in [4.69, 9.17) is 26.8 Å². The zero-order valence-electron chi connectivity index (χ0n) is 11.1. The molecule has 96 valence electrons. The van der Waals surface area contributed by atoms with Crippen LogP contribution in [0.5, 0.6) is 11.5 Å². The molecular weight excluding hydrogens is 238 g/mol. The molecule has 0 unspecified atom stereocenters. The minimum absolute atomic E-state index is 0.284. The molecule has 1 aromatic carbocycles. The Labute approximate surface area is 108 Å². The molecule has 0 saturated carbocycles. The molecule has 1 rings (SSSR count). The first-order chi connectivity index (χ1) is 7.80. The highest BCUT2D eigenvalue weighted by atomic mass is 35.5. The molecule has 0 saturated heterocycles. The van der Waals surface area contributed by atoms with Crippen LogP contribution < -0.4 is 15.2 Å². The zero-order valence-corrected chi connectivity index (χ0v) is 11.8. The maximum atomic E-state index is 6.17. The number of ether oxygens (including phenoxy) is 2. The minimum atomic E-state index is -0.284. The highest BCUT2D eigenvalue weighted by Gasteiger charge is 2.20. The summed E-state index contributed by atoms with van der Waals surface area (Å²) >= 11 is 6.17. The lowest BCUT2D eigenvalue weighted by molar-refractivity contribution is 0.352. The van der Waals surface area contributed by atoms with Gasteiger partial charge in [-0.25, -0.2) is 0 Å². The molecule has 0 amide bonds. The third kappa shape index (κ3) is 3.27. The summed E-state index contributed by atoms with van der Waals surface area (Å²) in [6, 6.07) is 1.90. The van der Waals surface area contributed by atoms with Crippen molar-refractivity contribution < 1.29 is 9.47 Å². The Kier molecular flexibility index (Phi) is 4.28. The van der Waals surface area contributed by atoms with Crippen LogP contribution in [0.3, 0.4) is 0 Å². The van der Waals surface area contributed by atoms with Gasteiger partial charge in [0, 0.05) is 5.54 Å². The van der Waals surface area contributed by atoms with Crippen molar-refractivity contribution in [2.45, 2.75) is 32.7 Å². The topological polar surface area (TPSA) is 44.5 Å². The Bertz CT molecular complexity index is 411. The van der Waals surface area contributed by atoms with E-state index < -0.39 is 0 Å². The summed E-state index contributed by atoms with van der Waals surface area (Å²) in [5, 5.41) is 0.550. The summed E-state index contributed by atoms with van der Waals surface area (Å²) in [6.45, 7) is 5.95. The molecule has 0 aliphatic heterocycles. The zero-order chi connectivity index (χ0) is 13.2. The van der Waals surface area contributed by atoms with Crippen molar-refractivity contribution in [1.82, 2.24) is 0 Å². The van der Waals surface area contributed by atoms with E-state index in [-0.39, 0.29) is 5.54 Å². The average molecular weight is 258 g/mol. The highest BCUT2D eigenvalue weighted by molar-refractivity contribution is 6.32. The molecule has 0 fully saturated rings. The molecule has 0 heterocycles. The molecule has 2 N–H and O–H groups in total. The van der Waals surface area contributed by atoms with Crippen LogP contribution in [-0.2, 0) is 6.42 Å². The van der Waals surface area contributed by atoms with Crippen molar-refractivity contribution in [3.63, 3.8) is 0 Å². The van der Waals surface area contributed by atoms with Crippen LogP contribution in [0.1, 0.15) is 25.0 Å². The monoisotopic (exact) mass is 257 g/mol. The molecule has 0 aromatic heterocycles. The number of rotatable bonds is 4. The molecule has 0 atom stereocenters. The van der Waals surface area contributed by atoms with Gasteiger partial charge in [-0.05, 0) is 44.4 Å². The van der Waals surface area contributed by atoms with Gasteiger partial charge in [-0.2, -0.15) is 0 Å². The molecular formula is C13H20ClNO2. The number of hydrogen-bond donors (Lipinski definition) is 1. The standard InChI is InChI=1S/C13H20ClNO2/c1-8-9(7-13(2,3)15)6-10(14)12(17-5)11(8)16-4/h6H,7,15H2,1-5H3. The van der Waals surface area contributed by atoms with E-state index in [0.29, 0.717) is 16.5 Å². The van der Waals surface area contributed by atoms with Crippen molar-refractivity contribution in [1.29, 1.82) is 0 Å². The second-order valence-corrected chi connectivity index (χ2v) is 5.28. The number of methoxy groups -OCH3 is 2. The van der Waals surface area contributed by atoms with Crippen molar-refractivity contribution >= 4 is 11.6 Å². The Hall–Kier alpha value is -0.930. The third-order valence-corrected chi connectivity index (χ3v) is 2.88. The fourth-order valence-corrected chi connectivity index (χ4v) is 2.16. The minimum Gasteiger partial charge on any atom is -0.493 e. The number of hydrogen-bond acceptors (Lipinski definition) is 3. The fourth-order valence-electron chi connectivity index (χ4n) is 1.86. The van der Waals surface area contributed by atoms with Gasteiger partial charge in [-0.1, -0.05) is 11.6 Å². The fraction of sp³-hybridized carbons (Fsp3) is 0.538. The molecule has 1 aromatic rings. The lowest BCUT2D eigenvalue weighted by Gasteiger charge is -2.22. The normalized spacial score (nSPS) is 11.5. The molecule has 3 nitrogen and oxygen atoms in total. The lowest BCUT2D eigenvalue weighted by Crippen LogP contribution is -2.34. The van der Waals surface area contributed by atoms with Gasteiger partial charge in [0.2, 0.25) is 0 Å². The summed E-state index contributed by atoms with van der Waals surface area (Å²) in [4.78, 5) is 0. The Morgan fingerprint density at radius 2 is 1.76 bits per heavy atom. The number of benzene rings is 1. The Morgan fingerprint density at radius 3 is 2.18 bits per heavy atom. The van der Waals surface area contributed by atoms with Crippen LogP contribution >= 0.6 is 11.6 Å². The molecule has 0 radical (unpaired) electrons. The smallest absolute Gasteiger partial charge is 0.179 e. The SMILES string of the molecule is COc1c(Cl)cc(CC(C)(C)N)c(C)c1OC. The maximum absolute atomic E-state index is 6.17. The lowest BCUT2D eigenvalue weighted by atomic mass is 9.93. The van der Waals surface area contributed by atoms with Crippen LogP contribution in [0.4, 0.5) is 0 Å². The second-order valence-electron chi connectivity index (χ2n) is 4.87. The van der Waals surface area contributed by atoms with Crippen molar-refractivity contribution in [2.75, 3.05) is 14.2 Å². The van der Waals surface area contributed by atoms with Crippen LogP contribution in [0.25, 0.3) is 0 Å². The first kappa shape index (κ1) is 14.1. The van der Waals surface area contributed by atoms with Gasteiger partial charge >= 0.3 is 0 Å². The predicted octanol–water partition coefficient (Wildman–Crippen LogP) is 2.95. The van der Waals surface area contributed by atoms with E-state index in [1.165, 1.54) is 0 Å². The summed E-state index contributed by atoms with van der Waals surface area (Å²) in [7, 11) is 3.19. The first-order valence-corrected chi connectivity index (χ1v) is 5.86. The predicted molar refractivity (Wildman–Crippen MR) is 71.3 cm³/mol. The third-order valence-electron chi connectivity index (χ3n) is 2.60. The van der Waals surface area contributed by atoms with E-state index in [1.54, 1.807) is 14.2 Å². The second kappa shape index (κ2) is 5.15. The summed E-state index contributed by atoms with van der Waals surface area (Å²) in [5.41, 5.74) is 7.85. The van der Waals surface area contributed by atoms with Crippen molar-refractivity contribution in [3.8, 4) is 11.5 Å². The molecule has 17 heavy (non-hydrogen) atoms. The Balaban J connectivity index is 3.30. The van der Waals surface area contributed by atoms with Crippen molar-refractivity contribution in [2.24, 2.45) is 5.73 Å². The van der Waals surface area contributed by atoms with Crippen LogP contribution in [0.2, 0.25) is 5.02 Å². The first-order valence-electron chi connectivity index (χ1n) is 5.49. The van der Waals surface area contributed by atoms with Crippen molar-refractivity contribution in [3.05, 3.63) is 22.2 Å². The number of halogens is 1. The molecule has 4 heteroatoms. The van der Waals surface area contributed by atoms with Crippen LogP contribution in [-0.4, -0.2) is 19.8 Å². The van der Waals surface area contributed by atoms with E-state index in [2.05, 4.69) is 0 Å². The molecule has 0 bridgehead atoms. The summed E-state index contributed by atoms with van der Waals surface area (Å²) in [6.07, 6.45) is 0.735. The largest absolute Gasteiger partial charge is 0.493 e. The van der Waals surface area contributed by atoms with Gasteiger partial charge in [0.1, 0.15) is 0 Å². The summed E-state index contributed by atoms with van der Waals surface area (Å²) in [5.74, 6) is 1.25. The van der Waals surface area contributed by atoms with Crippen LogP contribution in [0, 0.1) is 6.92 Å². The van der Waals surface area contributed by atoms with E-state index in [0.717, 1.165) is 17.5 Å². The number of nitrogens with two attached hydrogens (primary N) is 1. The molecule has 0 aliphatic carbocycles. The van der Waals surface area contributed by atoms with Crippen LogP contribution in [0.15, 0.2) is 6.07 Å². The van der Waals surface area contributed by atoms with Gasteiger partial charge in [0.15, 0.2) is 11.5 Å². The quantitative estimate of drug-likeness (QED) is 0.902. The van der Waals surface area contributed by atoms with Gasteiger partial charge in [0.25, 0.3) is 0 Å². The van der Waals surface area contributed by atoms with Gasteiger partial charge < -0.3 is 15.2 Å².